The Kier molecular flexibility index (Phi) is 4.85. The Labute approximate surface area is 122 Å². The van der Waals surface area contributed by atoms with E-state index < -0.39 is 21.4 Å². The van der Waals surface area contributed by atoms with Crippen molar-refractivity contribution in [1.82, 2.24) is 4.72 Å². The van der Waals surface area contributed by atoms with Crippen molar-refractivity contribution in [1.29, 1.82) is 0 Å². The molecule has 4 nitrogen and oxygen atoms in total. The third kappa shape index (κ3) is 4.34. The molecule has 2 saturated carbocycles. The highest BCUT2D eigenvalue weighted by Gasteiger charge is 2.47. The van der Waals surface area contributed by atoms with Crippen LogP contribution in [0, 0.1) is 17.8 Å². The highest BCUT2D eigenvalue weighted by Crippen LogP contribution is 2.43. The smallest absolute Gasteiger partial charge is 0.274 e. The summed E-state index contributed by atoms with van der Waals surface area (Å²) in [7, 11) is -5.56. The van der Waals surface area contributed by atoms with Gasteiger partial charge in [-0.15, -0.1) is 0 Å². The number of hydrogen-bond acceptors (Lipinski definition) is 3. The lowest BCUT2D eigenvalue weighted by Crippen LogP contribution is -2.40. The predicted octanol–water partition coefficient (Wildman–Crippen LogP) is 2.95. The van der Waals surface area contributed by atoms with Crippen molar-refractivity contribution in [3.05, 3.63) is 0 Å². The van der Waals surface area contributed by atoms with Gasteiger partial charge in [-0.25, -0.2) is 4.72 Å². The first-order valence-electron chi connectivity index (χ1n) is 7.29. The zero-order chi connectivity index (χ0) is 15.7. The molecule has 0 aromatic rings. The SMILES string of the molecule is O=C(CCC1CC2CCCC(C2)C1)NS(=O)(=O)C(F)(F)F. The van der Waals surface area contributed by atoms with Crippen LogP contribution < -0.4 is 4.72 Å². The maximum absolute atomic E-state index is 12.1. The zero-order valence-electron chi connectivity index (χ0n) is 11.7. The molecule has 2 aliphatic rings. The fourth-order valence-electron chi connectivity index (χ4n) is 3.70. The van der Waals surface area contributed by atoms with Crippen LogP contribution in [0.3, 0.4) is 0 Å². The minimum atomic E-state index is -5.56. The Hall–Kier alpha value is -0.790. The number of rotatable bonds is 4. The highest BCUT2D eigenvalue weighted by atomic mass is 32.2. The fourth-order valence-corrected chi connectivity index (χ4v) is 4.22. The molecule has 2 atom stereocenters. The molecular formula is C13H20F3NO3S. The molecule has 21 heavy (non-hydrogen) atoms. The van der Waals surface area contributed by atoms with Gasteiger partial charge in [-0.05, 0) is 43.4 Å². The fraction of sp³-hybridized carbons (Fsp3) is 0.923. The minimum Gasteiger partial charge on any atom is -0.274 e. The van der Waals surface area contributed by atoms with Gasteiger partial charge in [-0.3, -0.25) is 4.79 Å². The summed E-state index contributed by atoms with van der Waals surface area (Å²) in [6.07, 6.45) is 7.18. The molecule has 1 amide bonds. The van der Waals surface area contributed by atoms with E-state index in [0.717, 1.165) is 17.6 Å². The van der Waals surface area contributed by atoms with Crippen LogP contribution in [0.15, 0.2) is 0 Å². The van der Waals surface area contributed by atoms with E-state index in [1.54, 1.807) is 0 Å². The van der Waals surface area contributed by atoms with Gasteiger partial charge in [0.2, 0.25) is 5.91 Å². The first-order chi connectivity index (χ1) is 9.67. The number of halogens is 3. The average Bonchev–Trinajstić information content (AvgIpc) is 2.34. The lowest BCUT2D eigenvalue weighted by atomic mass is 9.67. The number of fused-ring (bicyclic) bond motifs is 2. The van der Waals surface area contributed by atoms with Gasteiger partial charge in [0.1, 0.15) is 0 Å². The van der Waals surface area contributed by atoms with Crippen molar-refractivity contribution in [3.63, 3.8) is 0 Å². The first-order valence-corrected chi connectivity index (χ1v) is 8.77. The van der Waals surface area contributed by atoms with E-state index in [-0.39, 0.29) is 6.42 Å². The van der Waals surface area contributed by atoms with E-state index in [1.807, 2.05) is 0 Å². The van der Waals surface area contributed by atoms with Crippen molar-refractivity contribution >= 4 is 15.9 Å². The van der Waals surface area contributed by atoms with E-state index in [9.17, 15) is 26.4 Å². The van der Waals surface area contributed by atoms with Gasteiger partial charge >= 0.3 is 15.5 Å². The molecule has 0 aliphatic heterocycles. The number of nitrogens with one attached hydrogen (secondary N) is 1. The molecule has 2 aliphatic carbocycles. The normalized spacial score (nSPS) is 30.0. The second-order valence-corrected chi connectivity index (χ2v) is 7.92. The van der Waals surface area contributed by atoms with E-state index in [4.69, 9.17) is 0 Å². The molecule has 2 rings (SSSR count). The molecule has 0 aromatic heterocycles. The summed E-state index contributed by atoms with van der Waals surface area (Å²) in [6, 6.07) is 0. The van der Waals surface area contributed by atoms with E-state index in [2.05, 4.69) is 0 Å². The largest absolute Gasteiger partial charge is 0.516 e. The average molecular weight is 327 g/mol. The van der Waals surface area contributed by atoms with E-state index in [0.29, 0.717) is 24.2 Å². The quantitative estimate of drug-likeness (QED) is 0.863. The Morgan fingerprint density at radius 1 is 1.10 bits per heavy atom. The molecule has 8 heteroatoms. The molecule has 2 unspecified atom stereocenters. The second-order valence-electron chi connectivity index (χ2n) is 6.25. The van der Waals surface area contributed by atoms with Gasteiger partial charge in [0, 0.05) is 6.42 Å². The van der Waals surface area contributed by atoms with Crippen molar-refractivity contribution in [3.8, 4) is 0 Å². The van der Waals surface area contributed by atoms with Crippen molar-refractivity contribution in [2.45, 2.75) is 56.9 Å². The van der Waals surface area contributed by atoms with Gasteiger partial charge in [-0.1, -0.05) is 19.3 Å². The first kappa shape index (κ1) is 16.6. The number of hydrogen-bond donors (Lipinski definition) is 1. The summed E-state index contributed by atoms with van der Waals surface area (Å²) in [6.45, 7) is 0. The third-order valence-electron chi connectivity index (χ3n) is 4.56. The Morgan fingerprint density at radius 3 is 2.19 bits per heavy atom. The van der Waals surface area contributed by atoms with Gasteiger partial charge in [0.25, 0.3) is 0 Å². The van der Waals surface area contributed by atoms with Crippen LogP contribution in [0.5, 0.6) is 0 Å². The monoisotopic (exact) mass is 327 g/mol. The number of amides is 1. The topological polar surface area (TPSA) is 63.2 Å². The molecular weight excluding hydrogens is 307 g/mol. The summed E-state index contributed by atoms with van der Waals surface area (Å²) in [5.74, 6) is 0.602. The zero-order valence-corrected chi connectivity index (χ0v) is 12.5. The molecule has 1 N–H and O–H groups in total. The molecule has 2 bridgehead atoms. The molecule has 0 aromatic carbocycles. The van der Waals surface area contributed by atoms with Gasteiger partial charge in [0.05, 0.1) is 0 Å². The van der Waals surface area contributed by atoms with Crippen molar-refractivity contribution in [2.75, 3.05) is 0 Å². The highest BCUT2D eigenvalue weighted by molar-refractivity contribution is 7.90. The summed E-state index contributed by atoms with van der Waals surface area (Å²) in [5.41, 5.74) is -5.44. The number of carbonyl (C=O) groups is 1. The van der Waals surface area contributed by atoms with Crippen LogP contribution in [-0.2, 0) is 14.8 Å². The number of carbonyl (C=O) groups excluding carboxylic acids is 1. The van der Waals surface area contributed by atoms with Gasteiger partial charge in [-0.2, -0.15) is 21.6 Å². The third-order valence-corrected chi connectivity index (χ3v) is 5.66. The van der Waals surface area contributed by atoms with Gasteiger partial charge < -0.3 is 0 Å². The van der Waals surface area contributed by atoms with Crippen LogP contribution in [-0.4, -0.2) is 19.8 Å². The van der Waals surface area contributed by atoms with Gasteiger partial charge in [0.15, 0.2) is 0 Å². The lowest BCUT2D eigenvalue weighted by Gasteiger charge is -2.39. The van der Waals surface area contributed by atoms with E-state index in [1.165, 1.54) is 25.7 Å². The Balaban J connectivity index is 1.79. The second kappa shape index (κ2) is 6.14. The number of alkyl halides is 3. The molecule has 0 heterocycles. The number of sulfonamides is 1. The Bertz CT molecular complexity index is 477. The maximum Gasteiger partial charge on any atom is 0.516 e. The summed E-state index contributed by atoms with van der Waals surface area (Å²) in [4.78, 5) is 11.4. The predicted molar refractivity (Wildman–Crippen MR) is 70.5 cm³/mol. The minimum absolute atomic E-state index is 0.167. The summed E-state index contributed by atoms with van der Waals surface area (Å²) in [5, 5.41) is 0. The molecule has 122 valence electrons. The van der Waals surface area contributed by atoms with Crippen molar-refractivity contribution in [2.24, 2.45) is 17.8 Å². The molecule has 2 fully saturated rings. The van der Waals surface area contributed by atoms with Crippen LogP contribution in [0.2, 0.25) is 0 Å². The summed E-state index contributed by atoms with van der Waals surface area (Å²) >= 11 is 0. The molecule has 0 spiro atoms. The van der Waals surface area contributed by atoms with E-state index >= 15 is 0 Å². The Morgan fingerprint density at radius 2 is 1.67 bits per heavy atom. The van der Waals surface area contributed by atoms with Crippen LogP contribution in [0.4, 0.5) is 13.2 Å². The molecule has 0 saturated heterocycles. The standard InChI is InChI=1S/C13H20F3NO3S/c14-13(15,16)21(19,20)17-12(18)5-4-11-7-9-2-1-3-10(6-9)8-11/h9-11H,1-8H2,(H,17,18). The van der Waals surface area contributed by atoms with Crippen LogP contribution in [0.1, 0.15) is 51.4 Å². The maximum atomic E-state index is 12.1. The van der Waals surface area contributed by atoms with Crippen LogP contribution in [0.25, 0.3) is 0 Å². The van der Waals surface area contributed by atoms with Crippen molar-refractivity contribution < 1.29 is 26.4 Å². The molecule has 0 radical (unpaired) electrons. The van der Waals surface area contributed by atoms with Crippen LogP contribution >= 0.6 is 0 Å². The summed E-state index contributed by atoms with van der Waals surface area (Å²) < 4.78 is 59.2. The lowest BCUT2D eigenvalue weighted by molar-refractivity contribution is -0.120.